The van der Waals surface area contributed by atoms with Crippen LogP contribution in [-0.4, -0.2) is 17.6 Å². The van der Waals surface area contributed by atoms with Gasteiger partial charge < -0.3 is 9.30 Å². The van der Waals surface area contributed by atoms with Crippen molar-refractivity contribution >= 4 is 27.5 Å². The minimum Gasteiger partial charge on any atom is -0.495 e. The molecule has 0 aliphatic carbocycles. The summed E-state index contributed by atoms with van der Waals surface area (Å²) in [6.07, 6.45) is 5.52. The Morgan fingerprint density at radius 1 is 1.32 bits per heavy atom. The van der Waals surface area contributed by atoms with E-state index in [-0.39, 0.29) is 5.91 Å². The average Bonchev–Trinajstić information content (AvgIpc) is 2.92. The van der Waals surface area contributed by atoms with Gasteiger partial charge in [-0.3, -0.25) is 4.79 Å². The number of carbonyl (C=O) groups excluding carboxylic acids is 1. The first-order valence-electron chi connectivity index (χ1n) is 7.81. The number of hydrogen-bond donors (Lipinski definition) is 0. The highest BCUT2D eigenvalue weighted by molar-refractivity contribution is 7.16. The summed E-state index contributed by atoms with van der Waals surface area (Å²) in [5.74, 6) is 3.07. The third kappa shape index (κ3) is 3.21. The Morgan fingerprint density at radius 3 is 2.80 bits per heavy atom. The number of terminal acetylenes is 1. The number of carbonyl (C=O) groups is 1. The van der Waals surface area contributed by atoms with Crippen LogP contribution in [0, 0.1) is 26.2 Å². The van der Waals surface area contributed by atoms with Crippen molar-refractivity contribution < 1.29 is 9.53 Å². The molecular weight excluding hydrogens is 332 g/mol. The number of benzene rings is 2. The lowest BCUT2D eigenvalue weighted by Gasteiger charge is -2.05. The van der Waals surface area contributed by atoms with Crippen molar-refractivity contribution in [1.82, 2.24) is 4.57 Å². The highest BCUT2D eigenvalue weighted by atomic mass is 32.1. The quantitative estimate of drug-likeness (QED) is 0.676. The van der Waals surface area contributed by atoms with E-state index < -0.39 is 0 Å². The fourth-order valence-corrected chi connectivity index (χ4v) is 3.83. The van der Waals surface area contributed by atoms with E-state index in [1.807, 2.05) is 54.8 Å². The number of amides is 1. The molecule has 0 saturated carbocycles. The van der Waals surface area contributed by atoms with Crippen LogP contribution >= 0.6 is 11.3 Å². The second-order valence-corrected chi connectivity index (χ2v) is 6.73. The molecule has 0 aliphatic rings. The molecule has 2 aromatic carbocycles. The molecule has 3 aromatic rings. The maximum Gasteiger partial charge on any atom is 0.279 e. The predicted molar refractivity (Wildman–Crippen MR) is 101 cm³/mol. The van der Waals surface area contributed by atoms with E-state index in [0.29, 0.717) is 22.7 Å². The Balaban J connectivity index is 2.20. The molecule has 4 nitrogen and oxygen atoms in total. The number of fused-ring (bicyclic) bond motifs is 1. The molecule has 0 N–H and O–H groups in total. The molecule has 1 heterocycles. The second kappa shape index (κ2) is 6.96. The van der Waals surface area contributed by atoms with Gasteiger partial charge in [-0.1, -0.05) is 41.0 Å². The number of para-hydroxylation sites is 1. The number of nitrogens with zero attached hydrogens (tertiary/aromatic N) is 2. The SMILES string of the molecule is C#CCn1c(=NC(=O)c2ccc(C)cc2C)sc2cccc(OC)c21. The van der Waals surface area contributed by atoms with Crippen molar-refractivity contribution in [2.75, 3.05) is 7.11 Å². The molecule has 1 amide bonds. The van der Waals surface area contributed by atoms with Crippen molar-refractivity contribution in [2.24, 2.45) is 4.99 Å². The number of hydrogen-bond acceptors (Lipinski definition) is 3. The first-order valence-corrected chi connectivity index (χ1v) is 8.63. The van der Waals surface area contributed by atoms with E-state index in [1.54, 1.807) is 7.11 Å². The van der Waals surface area contributed by atoms with Crippen LogP contribution in [0.3, 0.4) is 0 Å². The van der Waals surface area contributed by atoms with Gasteiger partial charge in [0.1, 0.15) is 11.3 Å². The maximum absolute atomic E-state index is 12.7. The minimum atomic E-state index is -0.270. The third-order valence-corrected chi connectivity index (χ3v) is 4.99. The minimum absolute atomic E-state index is 0.270. The number of thiazole rings is 1. The summed E-state index contributed by atoms with van der Waals surface area (Å²) in [6, 6.07) is 11.5. The molecule has 0 radical (unpaired) electrons. The lowest BCUT2D eigenvalue weighted by Crippen LogP contribution is -2.17. The fourth-order valence-electron chi connectivity index (χ4n) is 2.79. The van der Waals surface area contributed by atoms with E-state index in [0.717, 1.165) is 21.3 Å². The molecule has 0 fully saturated rings. The number of aromatic nitrogens is 1. The zero-order valence-electron chi connectivity index (χ0n) is 14.4. The Morgan fingerprint density at radius 2 is 2.12 bits per heavy atom. The van der Waals surface area contributed by atoms with Crippen LogP contribution in [0.2, 0.25) is 0 Å². The van der Waals surface area contributed by atoms with Crippen molar-refractivity contribution in [3.8, 4) is 18.1 Å². The lowest BCUT2D eigenvalue weighted by molar-refractivity contribution is 0.0997. The zero-order chi connectivity index (χ0) is 18.0. The summed E-state index contributed by atoms with van der Waals surface area (Å²) in [7, 11) is 1.62. The summed E-state index contributed by atoms with van der Waals surface area (Å²) >= 11 is 1.43. The summed E-state index contributed by atoms with van der Waals surface area (Å²) < 4.78 is 8.26. The number of ether oxygens (including phenoxy) is 1. The van der Waals surface area contributed by atoms with Gasteiger partial charge in [0.15, 0.2) is 4.80 Å². The first-order chi connectivity index (χ1) is 12.0. The molecule has 3 rings (SSSR count). The molecular formula is C20H18N2O2S. The van der Waals surface area contributed by atoms with Crippen LogP contribution in [0.5, 0.6) is 5.75 Å². The highest BCUT2D eigenvalue weighted by Crippen LogP contribution is 2.27. The Bertz CT molecular complexity index is 1070. The molecule has 25 heavy (non-hydrogen) atoms. The van der Waals surface area contributed by atoms with Gasteiger partial charge in [-0.05, 0) is 37.6 Å². The molecule has 1 aromatic heterocycles. The fraction of sp³-hybridized carbons (Fsp3) is 0.200. The third-order valence-electron chi connectivity index (χ3n) is 3.94. The topological polar surface area (TPSA) is 43.6 Å². The largest absolute Gasteiger partial charge is 0.495 e. The van der Waals surface area contributed by atoms with Gasteiger partial charge in [-0.15, -0.1) is 6.42 Å². The average molecular weight is 350 g/mol. The number of aryl methyl sites for hydroxylation is 2. The Labute approximate surface area is 150 Å². The molecule has 0 unspecified atom stereocenters. The van der Waals surface area contributed by atoms with Gasteiger partial charge in [0.25, 0.3) is 5.91 Å². The maximum atomic E-state index is 12.7. The Kier molecular flexibility index (Phi) is 4.73. The smallest absolute Gasteiger partial charge is 0.279 e. The molecule has 0 spiro atoms. The monoisotopic (exact) mass is 350 g/mol. The van der Waals surface area contributed by atoms with Crippen molar-refractivity contribution in [1.29, 1.82) is 0 Å². The predicted octanol–water partition coefficient (Wildman–Crippen LogP) is 3.70. The van der Waals surface area contributed by atoms with Crippen LogP contribution in [0.1, 0.15) is 21.5 Å². The molecule has 126 valence electrons. The molecule has 0 aliphatic heterocycles. The molecule has 0 atom stereocenters. The lowest BCUT2D eigenvalue weighted by atomic mass is 10.1. The van der Waals surface area contributed by atoms with Crippen LogP contribution in [0.25, 0.3) is 10.2 Å². The van der Waals surface area contributed by atoms with E-state index in [1.165, 1.54) is 11.3 Å². The first kappa shape index (κ1) is 17.0. The number of rotatable bonds is 3. The standard InChI is InChI=1S/C20H18N2O2S/c1-5-11-22-18-16(24-4)7-6-8-17(18)25-20(22)21-19(23)15-10-9-13(2)12-14(15)3/h1,6-10,12H,11H2,2-4H3. The van der Waals surface area contributed by atoms with E-state index >= 15 is 0 Å². The summed E-state index contributed by atoms with van der Waals surface area (Å²) in [5, 5.41) is 0. The van der Waals surface area contributed by atoms with E-state index in [9.17, 15) is 4.79 Å². The molecule has 0 bridgehead atoms. The highest BCUT2D eigenvalue weighted by Gasteiger charge is 2.13. The summed E-state index contributed by atoms with van der Waals surface area (Å²) in [6.45, 7) is 4.23. The van der Waals surface area contributed by atoms with Crippen LogP contribution < -0.4 is 9.54 Å². The van der Waals surface area contributed by atoms with Crippen molar-refractivity contribution in [2.45, 2.75) is 20.4 Å². The normalized spacial score (nSPS) is 11.5. The van der Waals surface area contributed by atoms with Gasteiger partial charge in [0, 0.05) is 5.56 Å². The van der Waals surface area contributed by atoms with E-state index in [4.69, 9.17) is 11.2 Å². The van der Waals surface area contributed by atoms with Gasteiger partial charge >= 0.3 is 0 Å². The van der Waals surface area contributed by atoms with Crippen molar-refractivity contribution in [3.05, 3.63) is 57.9 Å². The summed E-state index contributed by atoms with van der Waals surface area (Å²) in [4.78, 5) is 17.6. The number of methoxy groups -OCH3 is 1. The summed E-state index contributed by atoms with van der Waals surface area (Å²) in [5.41, 5.74) is 3.49. The second-order valence-electron chi connectivity index (χ2n) is 5.72. The van der Waals surface area contributed by atoms with Gasteiger partial charge in [0.2, 0.25) is 0 Å². The van der Waals surface area contributed by atoms with Crippen LogP contribution in [0.4, 0.5) is 0 Å². The van der Waals surface area contributed by atoms with Crippen LogP contribution in [0.15, 0.2) is 41.4 Å². The van der Waals surface area contributed by atoms with Gasteiger partial charge in [-0.2, -0.15) is 4.99 Å². The molecule has 5 heteroatoms. The molecule has 0 saturated heterocycles. The van der Waals surface area contributed by atoms with Gasteiger partial charge in [-0.25, -0.2) is 0 Å². The van der Waals surface area contributed by atoms with Crippen molar-refractivity contribution in [3.63, 3.8) is 0 Å². The Hall–Kier alpha value is -2.84. The van der Waals surface area contributed by atoms with E-state index in [2.05, 4.69) is 10.9 Å². The van der Waals surface area contributed by atoms with Gasteiger partial charge in [0.05, 0.1) is 18.4 Å². The zero-order valence-corrected chi connectivity index (χ0v) is 15.2. The van der Waals surface area contributed by atoms with Crippen LogP contribution in [-0.2, 0) is 6.54 Å².